The fraction of sp³-hybridized carbons (Fsp3) is 0.333. The van der Waals surface area contributed by atoms with Crippen LogP contribution in [0.15, 0.2) is 18.2 Å². The predicted molar refractivity (Wildman–Crippen MR) is 54.6 cm³/mol. The van der Waals surface area contributed by atoms with Crippen LogP contribution >= 0.6 is 12.4 Å². The fourth-order valence-electron chi connectivity index (χ4n) is 1.13. The number of rotatable bonds is 2. The maximum atomic E-state index is 13.0. The molecular weight excluding hydrogens is 248 g/mol. The first-order valence-corrected chi connectivity index (χ1v) is 4.18. The van der Waals surface area contributed by atoms with Crippen LogP contribution in [0.5, 0.6) is 0 Å². The maximum absolute atomic E-state index is 13.0. The minimum atomic E-state index is -4.69. The van der Waals surface area contributed by atoms with Crippen molar-refractivity contribution < 1.29 is 17.6 Å². The number of nitrogens with two attached hydrogens (primary N) is 2. The summed E-state index contributed by atoms with van der Waals surface area (Å²) in [7, 11) is 0. The van der Waals surface area contributed by atoms with Gasteiger partial charge in [0.25, 0.3) is 0 Å². The summed E-state index contributed by atoms with van der Waals surface area (Å²) >= 11 is 0. The van der Waals surface area contributed by atoms with E-state index < -0.39 is 23.6 Å². The molecule has 0 heterocycles. The van der Waals surface area contributed by atoms with Gasteiger partial charge in [-0.1, -0.05) is 6.07 Å². The summed E-state index contributed by atoms with van der Waals surface area (Å²) < 4.78 is 49.5. The second-order valence-electron chi connectivity index (χ2n) is 3.08. The smallest absolute Gasteiger partial charge is 0.329 e. The van der Waals surface area contributed by atoms with E-state index in [4.69, 9.17) is 11.5 Å². The summed E-state index contributed by atoms with van der Waals surface area (Å²) in [4.78, 5) is 0. The van der Waals surface area contributed by atoms with Crippen LogP contribution in [-0.2, 0) is 6.18 Å². The van der Waals surface area contributed by atoms with E-state index in [0.717, 1.165) is 12.1 Å². The summed E-state index contributed by atoms with van der Waals surface area (Å²) in [5, 5.41) is 0. The highest BCUT2D eigenvalue weighted by atomic mass is 35.5. The van der Waals surface area contributed by atoms with E-state index >= 15 is 0 Å². The van der Waals surface area contributed by atoms with Crippen molar-refractivity contribution in [3.05, 3.63) is 35.1 Å². The van der Waals surface area contributed by atoms with Crippen LogP contribution in [0.3, 0.4) is 0 Å². The zero-order chi connectivity index (χ0) is 11.6. The summed E-state index contributed by atoms with van der Waals surface area (Å²) in [6, 6.07) is 1.91. The number of hydrogen-bond acceptors (Lipinski definition) is 2. The molecule has 0 aliphatic heterocycles. The third-order valence-electron chi connectivity index (χ3n) is 1.98. The minimum Gasteiger partial charge on any atom is -0.329 e. The van der Waals surface area contributed by atoms with E-state index in [-0.39, 0.29) is 24.5 Å². The van der Waals surface area contributed by atoms with E-state index in [1.54, 1.807) is 0 Å². The molecule has 1 atom stereocenters. The molecule has 4 N–H and O–H groups in total. The molecule has 92 valence electrons. The number of hydrogen-bond donors (Lipinski definition) is 2. The Hall–Kier alpha value is -0.850. The number of alkyl halides is 3. The van der Waals surface area contributed by atoms with Crippen molar-refractivity contribution in [2.45, 2.75) is 12.2 Å². The molecule has 1 rings (SSSR count). The van der Waals surface area contributed by atoms with Gasteiger partial charge in [0, 0.05) is 12.6 Å². The molecule has 0 unspecified atom stereocenters. The molecule has 0 saturated heterocycles. The molecule has 0 spiro atoms. The van der Waals surface area contributed by atoms with Gasteiger partial charge in [0.15, 0.2) is 0 Å². The zero-order valence-electron chi connectivity index (χ0n) is 8.09. The van der Waals surface area contributed by atoms with Crippen molar-refractivity contribution in [3.8, 4) is 0 Å². The summed E-state index contributed by atoms with van der Waals surface area (Å²) in [5.41, 5.74) is 9.61. The maximum Gasteiger partial charge on any atom is 0.419 e. The SMILES string of the molecule is Cl.NC[C@@H](N)c1ccc(C(F)(F)F)c(F)c1. The van der Waals surface area contributed by atoms with Crippen LogP contribution < -0.4 is 11.5 Å². The number of halogens is 5. The Morgan fingerprint density at radius 1 is 1.25 bits per heavy atom. The van der Waals surface area contributed by atoms with Crippen LogP contribution in [0.2, 0.25) is 0 Å². The lowest BCUT2D eigenvalue weighted by Crippen LogP contribution is -2.21. The molecule has 0 radical (unpaired) electrons. The highest BCUT2D eigenvalue weighted by molar-refractivity contribution is 5.85. The van der Waals surface area contributed by atoms with Gasteiger partial charge in [-0.3, -0.25) is 0 Å². The molecule has 0 aromatic heterocycles. The van der Waals surface area contributed by atoms with Crippen molar-refractivity contribution in [1.82, 2.24) is 0 Å². The third kappa shape index (κ3) is 3.33. The summed E-state index contributed by atoms with van der Waals surface area (Å²) in [6.07, 6.45) is -4.69. The first-order chi connectivity index (χ1) is 6.86. The Morgan fingerprint density at radius 2 is 1.81 bits per heavy atom. The third-order valence-corrected chi connectivity index (χ3v) is 1.98. The van der Waals surface area contributed by atoms with E-state index in [0.29, 0.717) is 6.07 Å². The van der Waals surface area contributed by atoms with Gasteiger partial charge in [0.2, 0.25) is 0 Å². The second-order valence-corrected chi connectivity index (χ2v) is 3.08. The van der Waals surface area contributed by atoms with E-state index in [2.05, 4.69) is 0 Å². The van der Waals surface area contributed by atoms with Crippen LogP contribution in [0.1, 0.15) is 17.2 Å². The van der Waals surface area contributed by atoms with Crippen molar-refractivity contribution >= 4 is 12.4 Å². The lowest BCUT2D eigenvalue weighted by molar-refractivity contribution is -0.140. The topological polar surface area (TPSA) is 52.0 Å². The van der Waals surface area contributed by atoms with Crippen molar-refractivity contribution in [2.75, 3.05) is 6.54 Å². The molecule has 0 aliphatic rings. The Kier molecular flexibility index (Phi) is 5.18. The lowest BCUT2D eigenvalue weighted by Gasteiger charge is -2.12. The van der Waals surface area contributed by atoms with Gasteiger partial charge in [0.05, 0.1) is 5.56 Å². The molecule has 7 heteroatoms. The molecular formula is C9H11ClF4N2. The molecule has 0 saturated carbocycles. The van der Waals surface area contributed by atoms with Crippen molar-refractivity contribution in [2.24, 2.45) is 11.5 Å². The van der Waals surface area contributed by atoms with Crippen molar-refractivity contribution in [1.29, 1.82) is 0 Å². The van der Waals surface area contributed by atoms with Gasteiger partial charge in [-0.25, -0.2) is 4.39 Å². The van der Waals surface area contributed by atoms with Crippen LogP contribution in [-0.4, -0.2) is 6.54 Å². The Morgan fingerprint density at radius 3 is 2.19 bits per heavy atom. The van der Waals surface area contributed by atoms with Gasteiger partial charge in [0.1, 0.15) is 5.82 Å². The van der Waals surface area contributed by atoms with Gasteiger partial charge >= 0.3 is 6.18 Å². The number of benzene rings is 1. The largest absolute Gasteiger partial charge is 0.419 e. The Labute approximate surface area is 96.0 Å². The van der Waals surface area contributed by atoms with E-state index in [1.807, 2.05) is 0 Å². The average Bonchev–Trinajstić information content (AvgIpc) is 2.14. The highest BCUT2D eigenvalue weighted by Crippen LogP contribution is 2.32. The highest BCUT2D eigenvalue weighted by Gasteiger charge is 2.34. The quantitative estimate of drug-likeness (QED) is 0.799. The molecule has 0 bridgehead atoms. The first kappa shape index (κ1) is 15.2. The second kappa shape index (κ2) is 5.47. The van der Waals surface area contributed by atoms with Crippen molar-refractivity contribution in [3.63, 3.8) is 0 Å². The molecule has 16 heavy (non-hydrogen) atoms. The minimum absolute atomic E-state index is 0. The fourth-order valence-corrected chi connectivity index (χ4v) is 1.13. The monoisotopic (exact) mass is 258 g/mol. The summed E-state index contributed by atoms with van der Waals surface area (Å²) in [5.74, 6) is -1.33. The lowest BCUT2D eigenvalue weighted by atomic mass is 10.0. The molecule has 0 aliphatic carbocycles. The van der Waals surface area contributed by atoms with Crippen LogP contribution in [0.25, 0.3) is 0 Å². The zero-order valence-corrected chi connectivity index (χ0v) is 8.91. The predicted octanol–water partition coefficient (Wildman–Crippen LogP) is 2.22. The molecule has 1 aromatic rings. The van der Waals surface area contributed by atoms with Gasteiger partial charge in [-0.05, 0) is 17.7 Å². The van der Waals surface area contributed by atoms with Crippen LogP contribution in [0.4, 0.5) is 17.6 Å². The summed E-state index contributed by atoms with van der Waals surface area (Å²) in [6.45, 7) is 0.0464. The van der Waals surface area contributed by atoms with Gasteiger partial charge in [-0.15, -0.1) is 12.4 Å². The Bertz CT molecular complexity index is 354. The molecule has 0 amide bonds. The standard InChI is InChI=1S/C9H10F4N2.ClH/c10-7-3-5(8(15)4-14)1-2-6(7)9(11,12)13;/h1-3,8H,4,14-15H2;1H/t8-;/m1./s1. The average molecular weight is 259 g/mol. The molecule has 0 fully saturated rings. The molecule has 1 aromatic carbocycles. The van der Waals surface area contributed by atoms with Crippen LogP contribution in [0, 0.1) is 5.82 Å². The van der Waals surface area contributed by atoms with E-state index in [1.165, 1.54) is 0 Å². The first-order valence-electron chi connectivity index (χ1n) is 4.18. The Balaban J connectivity index is 0.00000225. The van der Waals surface area contributed by atoms with Gasteiger partial charge in [-0.2, -0.15) is 13.2 Å². The molecule has 2 nitrogen and oxygen atoms in total. The van der Waals surface area contributed by atoms with E-state index in [9.17, 15) is 17.6 Å². The van der Waals surface area contributed by atoms with Gasteiger partial charge < -0.3 is 11.5 Å². The normalized spacial score (nSPS) is 13.1.